The number of nitrogens with zero attached hydrogens (tertiary/aromatic N) is 3. The molecular weight excluding hydrogens is 417 g/mol. The SMILES string of the molecule is NC[C@H]1CN(c2cc(F)c(N3CCNN(C(=O)CNCCCF)CC3)c(F)c2)C(=O)O1. The normalized spacial score (nSPS) is 19.5. The third-order valence-corrected chi connectivity index (χ3v) is 5.11. The molecular formula is C19H27F3N6O3. The zero-order valence-corrected chi connectivity index (χ0v) is 17.1. The van der Waals surface area contributed by atoms with Crippen molar-refractivity contribution in [3.63, 3.8) is 0 Å². The van der Waals surface area contributed by atoms with E-state index in [0.717, 1.165) is 17.0 Å². The van der Waals surface area contributed by atoms with E-state index in [9.17, 15) is 22.8 Å². The zero-order valence-electron chi connectivity index (χ0n) is 17.1. The van der Waals surface area contributed by atoms with E-state index in [0.29, 0.717) is 19.5 Å². The first-order chi connectivity index (χ1) is 14.9. The van der Waals surface area contributed by atoms with Crippen molar-refractivity contribution in [3.8, 4) is 0 Å². The molecule has 2 fully saturated rings. The number of alkyl halides is 1. The molecule has 0 aliphatic carbocycles. The lowest BCUT2D eigenvalue weighted by atomic mass is 10.2. The molecule has 2 amide bonds. The molecule has 4 N–H and O–H groups in total. The Bertz CT molecular complexity index is 776. The van der Waals surface area contributed by atoms with Crippen LogP contribution in [0.4, 0.5) is 29.3 Å². The fraction of sp³-hybridized carbons (Fsp3) is 0.579. The largest absolute Gasteiger partial charge is 0.443 e. The Hall–Kier alpha value is -2.57. The van der Waals surface area contributed by atoms with E-state index >= 15 is 0 Å². The predicted octanol–water partition coefficient (Wildman–Crippen LogP) is 0.351. The van der Waals surface area contributed by atoms with E-state index in [1.54, 1.807) is 0 Å². The maximum absolute atomic E-state index is 14.9. The quantitative estimate of drug-likeness (QED) is 0.497. The first-order valence-corrected chi connectivity index (χ1v) is 10.2. The minimum atomic E-state index is -0.813. The summed E-state index contributed by atoms with van der Waals surface area (Å²) < 4.78 is 46.9. The van der Waals surface area contributed by atoms with Crippen LogP contribution in [0.2, 0.25) is 0 Å². The molecule has 31 heavy (non-hydrogen) atoms. The minimum absolute atomic E-state index is 0.0418. The number of hydrazine groups is 1. The van der Waals surface area contributed by atoms with Gasteiger partial charge in [0, 0.05) is 38.3 Å². The van der Waals surface area contributed by atoms with Crippen molar-refractivity contribution in [2.75, 3.05) is 68.8 Å². The monoisotopic (exact) mass is 444 g/mol. The first-order valence-electron chi connectivity index (χ1n) is 10.2. The number of hydrogen-bond donors (Lipinski definition) is 3. The van der Waals surface area contributed by atoms with Gasteiger partial charge in [0.2, 0.25) is 0 Å². The molecule has 3 rings (SSSR count). The summed E-state index contributed by atoms with van der Waals surface area (Å²) in [6, 6.07) is 2.18. The van der Waals surface area contributed by atoms with Gasteiger partial charge in [-0.05, 0) is 13.0 Å². The fourth-order valence-corrected chi connectivity index (χ4v) is 3.52. The van der Waals surface area contributed by atoms with Crippen LogP contribution >= 0.6 is 0 Å². The number of carbonyl (C=O) groups excluding carboxylic acids is 2. The average molecular weight is 444 g/mol. The number of hydrogen-bond acceptors (Lipinski definition) is 7. The lowest BCUT2D eigenvalue weighted by molar-refractivity contribution is -0.133. The summed E-state index contributed by atoms with van der Waals surface area (Å²) in [7, 11) is 0. The molecule has 0 saturated carbocycles. The van der Waals surface area contributed by atoms with E-state index in [-0.39, 0.29) is 56.6 Å². The van der Waals surface area contributed by atoms with Gasteiger partial charge < -0.3 is 20.7 Å². The summed E-state index contributed by atoms with van der Waals surface area (Å²) in [5.41, 5.74) is 8.27. The summed E-state index contributed by atoms with van der Waals surface area (Å²) in [5.74, 6) is -1.86. The van der Waals surface area contributed by atoms with Crippen molar-refractivity contribution >= 4 is 23.4 Å². The molecule has 2 aliphatic rings. The van der Waals surface area contributed by atoms with Gasteiger partial charge in [0.05, 0.1) is 32.0 Å². The molecule has 2 aliphatic heterocycles. The highest BCUT2D eigenvalue weighted by molar-refractivity contribution is 5.90. The van der Waals surface area contributed by atoms with Crippen LogP contribution in [0.15, 0.2) is 12.1 Å². The second-order valence-electron chi connectivity index (χ2n) is 7.27. The summed E-state index contributed by atoms with van der Waals surface area (Å²) in [4.78, 5) is 26.8. The van der Waals surface area contributed by atoms with Crippen molar-refractivity contribution in [1.29, 1.82) is 0 Å². The Kier molecular flexibility index (Phi) is 7.93. The molecule has 1 aromatic carbocycles. The number of nitrogens with two attached hydrogens (primary N) is 1. The lowest BCUT2D eigenvalue weighted by Crippen LogP contribution is -2.47. The van der Waals surface area contributed by atoms with Gasteiger partial charge in [0.25, 0.3) is 5.91 Å². The summed E-state index contributed by atoms with van der Waals surface area (Å²) in [6.45, 7) is 1.20. The molecule has 0 unspecified atom stereocenters. The van der Waals surface area contributed by atoms with Crippen LogP contribution < -0.4 is 26.3 Å². The van der Waals surface area contributed by atoms with Crippen LogP contribution in [0.1, 0.15) is 6.42 Å². The van der Waals surface area contributed by atoms with E-state index in [4.69, 9.17) is 10.5 Å². The van der Waals surface area contributed by atoms with Gasteiger partial charge in [0.1, 0.15) is 11.8 Å². The predicted molar refractivity (Wildman–Crippen MR) is 108 cm³/mol. The van der Waals surface area contributed by atoms with Crippen LogP contribution in [0, 0.1) is 11.6 Å². The number of benzene rings is 1. The van der Waals surface area contributed by atoms with E-state index in [1.165, 1.54) is 9.91 Å². The average Bonchev–Trinajstić information content (AvgIpc) is 2.96. The summed E-state index contributed by atoms with van der Waals surface area (Å²) in [5, 5.41) is 4.24. The Morgan fingerprint density at radius 3 is 2.65 bits per heavy atom. The Morgan fingerprint density at radius 1 is 1.26 bits per heavy atom. The Labute approximate surface area is 178 Å². The Balaban J connectivity index is 1.65. The zero-order chi connectivity index (χ0) is 22.4. The van der Waals surface area contributed by atoms with E-state index in [2.05, 4.69) is 10.7 Å². The summed E-state index contributed by atoms with van der Waals surface area (Å²) in [6.07, 6.45) is -0.898. The molecule has 0 aromatic heterocycles. The maximum atomic E-state index is 14.9. The third-order valence-electron chi connectivity index (χ3n) is 5.11. The van der Waals surface area contributed by atoms with Crippen molar-refractivity contribution in [1.82, 2.24) is 15.8 Å². The molecule has 2 saturated heterocycles. The second-order valence-corrected chi connectivity index (χ2v) is 7.27. The number of ether oxygens (including phenoxy) is 1. The topological polar surface area (TPSA) is 103 Å². The molecule has 2 heterocycles. The number of nitrogens with one attached hydrogen (secondary N) is 2. The minimum Gasteiger partial charge on any atom is -0.443 e. The second kappa shape index (κ2) is 10.6. The lowest BCUT2D eigenvalue weighted by Gasteiger charge is -2.25. The van der Waals surface area contributed by atoms with Gasteiger partial charge in [-0.1, -0.05) is 0 Å². The number of halogens is 3. The van der Waals surface area contributed by atoms with Gasteiger partial charge in [-0.2, -0.15) is 0 Å². The highest BCUT2D eigenvalue weighted by atomic mass is 19.1. The first kappa shape index (κ1) is 23.1. The van der Waals surface area contributed by atoms with Crippen molar-refractivity contribution in [3.05, 3.63) is 23.8 Å². The molecule has 0 radical (unpaired) electrons. The number of amides is 2. The van der Waals surface area contributed by atoms with Gasteiger partial charge >= 0.3 is 6.09 Å². The standard InChI is InChI=1S/C19H27F3N6O3/c20-2-1-3-24-11-17(29)28-7-6-26(5-4-25-28)18-15(21)8-13(9-16(18)22)27-12-14(10-23)31-19(27)30/h8-9,14,24-25H,1-7,10-12,23H2/t14-/m0/s1. The van der Waals surface area contributed by atoms with Crippen LogP contribution in [0.5, 0.6) is 0 Å². The number of anilines is 2. The van der Waals surface area contributed by atoms with Crippen LogP contribution in [0.25, 0.3) is 0 Å². The van der Waals surface area contributed by atoms with Gasteiger partial charge in [-0.3, -0.25) is 19.1 Å². The van der Waals surface area contributed by atoms with Gasteiger partial charge in [-0.15, -0.1) is 0 Å². The third kappa shape index (κ3) is 5.57. The van der Waals surface area contributed by atoms with Crippen molar-refractivity contribution in [2.24, 2.45) is 5.73 Å². The van der Waals surface area contributed by atoms with Gasteiger partial charge in [-0.25, -0.2) is 19.0 Å². The number of rotatable bonds is 8. The van der Waals surface area contributed by atoms with Crippen LogP contribution in [-0.4, -0.2) is 82.1 Å². The van der Waals surface area contributed by atoms with Crippen molar-refractivity contribution in [2.45, 2.75) is 12.5 Å². The highest BCUT2D eigenvalue weighted by Gasteiger charge is 2.33. The molecule has 12 heteroatoms. The molecule has 0 bridgehead atoms. The van der Waals surface area contributed by atoms with Crippen molar-refractivity contribution < 1.29 is 27.5 Å². The molecule has 0 spiro atoms. The van der Waals surface area contributed by atoms with Gasteiger partial charge in [0.15, 0.2) is 11.6 Å². The molecule has 9 nitrogen and oxygen atoms in total. The smallest absolute Gasteiger partial charge is 0.414 e. The molecule has 1 aromatic rings. The van der Waals surface area contributed by atoms with E-state index < -0.39 is 30.5 Å². The maximum Gasteiger partial charge on any atom is 0.414 e. The number of carbonyl (C=O) groups is 2. The molecule has 172 valence electrons. The fourth-order valence-electron chi connectivity index (χ4n) is 3.52. The highest BCUT2D eigenvalue weighted by Crippen LogP contribution is 2.31. The number of cyclic esters (lactones) is 1. The van der Waals surface area contributed by atoms with E-state index in [1.807, 2.05) is 0 Å². The summed E-state index contributed by atoms with van der Waals surface area (Å²) >= 11 is 0. The van der Waals surface area contributed by atoms with Crippen LogP contribution in [-0.2, 0) is 9.53 Å². The molecule has 1 atom stereocenters. The van der Waals surface area contributed by atoms with Crippen LogP contribution in [0.3, 0.4) is 0 Å². The Morgan fingerprint density at radius 2 is 2.00 bits per heavy atom.